The first-order chi connectivity index (χ1) is 5.04. The summed E-state index contributed by atoms with van der Waals surface area (Å²) in [6, 6.07) is 0. The second-order valence-electron chi connectivity index (χ2n) is 2.88. The lowest BCUT2D eigenvalue weighted by Gasteiger charge is -2.25. The van der Waals surface area contributed by atoms with E-state index in [1.807, 2.05) is 0 Å². The van der Waals surface area contributed by atoms with E-state index in [4.69, 9.17) is 4.18 Å². The Bertz CT molecular complexity index is 100. The summed E-state index contributed by atoms with van der Waals surface area (Å²) < 4.78 is 5.57. The monoisotopic (exact) mass is 194 g/mol. The highest BCUT2D eigenvalue weighted by molar-refractivity contribution is 7.95. The van der Waals surface area contributed by atoms with E-state index >= 15 is 0 Å². The Labute approximate surface area is 79.9 Å². The van der Waals surface area contributed by atoms with Crippen LogP contribution in [0.1, 0.15) is 40.5 Å². The zero-order valence-electron chi connectivity index (χ0n) is 7.76. The maximum Gasteiger partial charge on any atom is 0.125 e. The highest BCUT2D eigenvalue weighted by atomic mass is 32.2. The lowest BCUT2D eigenvalue weighted by Crippen LogP contribution is -2.21. The summed E-state index contributed by atoms with van der Waals surface area (Å²) in [7, 11) is 0. The molecule has 1 nitrogen and oxygen atoms in total. The van der Waals surface area contributed by atoms with Gasteiger partial charge in [-0.2, -0.15) is 0 Å². The van der Waals surface area contributed by atoms with Gasteiger partial charge in [-0.25, -0.2) is 0 Å². The maximum absolute atomic E-state index is 5.57. The first-order valence-electron chi connectivity index (χ1n) is 4.11. The summed E-state index contributed by atoms with van der Waals surface area (Å²) in [5, 5.41) is 0.514. The van der Waals surface area contributed by atoms with Gasteiger partial charge in [0.05, 0.1) is 0 Å². The first kappa shape index (κ1) is 11.7. The predicted molar refractivity (Wildman–Crippen MR) is 56.1 cm³/mol. The van der Waals surface area contributed by atoms with E-state index in [1.54, 1.807) is 0 Å². The Kier molecular flexibility index (Phi) is 5.65. The van der Waals surface area contributed by atoms with Crippen molar-refractivity contribution in [3.05, 3.63) is 0 Å². The Morgan fingerprint density at radius 3 is 2.09 bits per heavy atom. The zero-order chi connectivity index (χ0) is 8.91. The number of thiol groups is 1. The van der Waals surface area contributed by atoms with Gasteiger partial charge in [-0.3, -0.25) is 4.18 Å². The van der Waals surface area contributed by atoms with Crippen LogP contribution in [0, 0.1) is 0 Å². The zero-order valence-corrected chi connectivity index (χ0v) is 9.47. The molecular formula is C8H18OS2. The Hall–Kier alpha value is 0.660. The highest BCUT2D eigenvalue weighted by Crippen LogP contribution is 2.31. The molecular weight excluding hydrogens is 176 g/mol. The number of hydrogen-bond donors (Lipinski definition) is 1. The molecule has 0 bridgehead atoms. The molecule has 11 heavy (non-hydrogen) atoms. The van der Waals surface area contributed by atoms with E-state index in [0.29, 0.717) is 5.25 Å². The van der Waals surface area contributed by atoms with Gasteiger partial charge in [-0.05, 0) is 24.9 Å². The van der Waals surface area contributed by atoms with E-state index in [0.717, 1.165) is 12.8 Å². The van der Waals surface area contributed by atoms with Crippen LogP contribution in [-0.4, -0.2) is 10.2 Å². The average Bonchev–Trinajstić information content (AvgIpc) is 2.00. The van der Waals surface area contributed by atoms with E-state index in [9.17, 15) is 0 Å². The van der Waals surface area contributed by atoms with Gasteiger partial charge in [0.1, 0.15) is 4.93 Å². The number of rotatable bonds is 5. The smallest absolute Gasteiger partial charge is 0.125 e. The van der Waals surface area contributed by atoms with Crippen molar-refractivity contribution in [3.63, 3.8) is 0 Å². The van der Waals surface area contributed by atoms with Crippen molar-refractivity contribution >= 4 is 24.7 Å². The van der Waals surface area contributed by atoms with Crippen molar-refractivity contribution in [3.8, 4) is 0 Å². The fourth-order valence-electron chi connectivity index (χ4n) is 0.554. The molecule has 0 radical (unpaired) electrons. The van der Waals surface area contributed by atoms with E-state index < -0.39 is 0 Å². The van der Waals surface area contributed by atoms with Crippen LogP contribution in [0.15, 0.2) is 0 Å². The second kappa shape index (κ2) is 5.33. The van der Waals surface area contributed by atoms with Crippen LogP contribution in [-0.2, 0) is 4.18 Å². The summed E-state index contributed by atoms with van der Waals surface area (Å²) in [4.78, 5) is -0.227. The standard InChI is InChI=1S/C8H18OS2/c1-5-8(10,6-2)9-11-7(3)4/h7,10H,5-6H2,1-4H3. The van der Waals surface area contributed by atoms with Gasteiger partial charge in [-0.1, -0.05) is 27.7 Å². The van der Waals surface area contributed by atoms with Crippen LogP contribution in [0.5, 0.6) is 0 Å². The SMILES string of the molecule is CCC(S)(CC)OSC(C)C. The molecule has 0 aliphatic carbocycles. The van der Waals surface area contributed by atoms with Crippen molar-refractivity contribution in [1.82, 2.24) is 0 Å². The molecule has 3 heteroatoms. The van der Waals surface area contributed by atoms with Crippen molar-refractivity contribution in [1.29, 1.82) is 0 Å². The minimum Gasteiger partial charge on any atom is -0.298 e. The molecule has 0 aromatic heterocycles. The van der Waals surface area contributed by atoms with Gasteiger partial charge >= 0.3 is 0 Å². The molecule has 0 aromatic rings. The van der Waals surface area contributed by atoms with Gasteiger partial charge in [0.15, 0.2) is 0 Å². The third kappa shape index (κ3) is 4.99. The minimum absolute atomic E-state index is 0.227. The summed E-state index contributed by atoms with van der Waals surface area (Å²) >= 11 is 5.96. The summed E-state index contributed by atoms with van der Waals surface area (Å²) in [5.41, 5.74) is 0. The Morgan fingerprint density at radius 1 is 1.36 bits per heavy atom. The largest absolute Gasteiger partial charge is 0.298 e. The molecule has 0 unspecified atom stereocenters. The normalized spacial score (nSPS) is 12.5. The van der Waals surface area contributed by atoms with Crippen LogP contribution in [0.2, 0.25) is 0 Å². The van der Waals surface area contributed by atoms with Crippen LogP contribution in [0.4, 0.5) is 0 Å². The van der Waals surface area contributed by atoms with Gasteiger partial charge < -0.3 is 0 Å². The molecule has 0 N–H and O–H groups in total. The van der Waals surface area contributed by atoms with E-state index in [1.165, 1.54) is 12.0 Å². The Balaban J connectivity index is 3.69. The van der Waals surface area contributed by atoms with E-state index in [2.05, 4.69) is 40.3 Å². The first-order valence-corrected chi connectivity index (χ1v) is 5.36. The van der Waals surface area contributed by atoms with Crippen molar-refractivity contribution in [2.45, 2.75) is 50.7 Å². The highest BCUT2D eigenvalue weighted by Gasteiger charge is 2.22. The van der Waals surface area contributed by atoms with Crippen LogP contribution < -0.4 is 0 Å². The molecule has 0 fully saturated rings. The molecule has 0 rings (SSSR count). The van der Waals surface area contributed by atoms with Crippen LogP contribution in [0.3, 0.4) is 0 Å². The Morgan fingerprint density at radius 2 is 1.82 bits per heavy atom. The molecule has 0 aliphatic rings. The van der Waals surface area contributed by atoms with Crippen molar-refractivity contribution in [2.75, 3.05) is 0 Å². The van der Waals surface area contributed by atoms with Crippen LogP contribution >= 0.6 is 24.7 Å². The van der Waals surface area contributed by atoms with Crippen molar-refractivity contribution < 1.29 is 4.18 Å². The van der Waals surface area contributed by atoms with Crippen molar-refractivity contribution in [2.24, 2.45) is 0 Å². The third-order valence-electron chi connectivity index (χ3n) is 1.50. The predicted octanol–water partition coefficient (Wildman–Crippen LogP) is 3.51. The van der Waals surface area contributed by atoms with E-state index in [-0.39, 0.29) is 4.93 Å². The maximum atomic E-state index is 5.57. The number of hydrogen-bond acceptors (Lipinski definition) is 3. The summed E-state index contributed by atoms with van der Waals surface area (Å²) in [6.07, 6.45) is 1.90. The molecule has 0 amide bonds. The third-order valence-corrected chi connectivity index (χ3v) is 3.15. The van der Waals surface area contributed by atoms with Gasteiger partial charge in [0, 0.05) is 5.25 Å². The summed E-state index contributed by atoms with van der Waals surface area (Å²) in [6.45, 7) is 8.42. The van der Waals surface area contributed by atoms with Gasteiger partial charge in [0.25, 0.3) is 0 Å². The molecule has 68 valence electrons. The second-order valence-corrected chi connectivity index (χ2v) is 5.00. The molecule has 0 saturated carbocycles. The summed E-state index contributed by atoms with van der Waals surface area (Å²) in [5.74, 6) is 0. The van der Waals surface area contributed by atoms with Gasteiger partial charge in [-0.15, -0.1) is 12.6 Å². The van der Waals surface area contributed by atoms with Gasteiger partial charge in [0.2, 0.25) is 0 Å². The molecule has 0 spiro atoms. The molecule has 0 aromatic carbocycles. The minimum atomic E-state index is -0.227. The average molecular weight is 194 g/mol. The quantitative estimate of drug-likeness (QED) is 0.407. The molecule has 0 atom stereocenters. The fourth-order valence-corrected chi connectivity index (χ4v) is 1.29. The topological polar surface area (TPSA) is 9.23 Å². The molecule has 0 aliphatic heterocycles. The molecule has 0 saturated heterocycles. The lowest BCUT2D eigenvalue weighted by atomic mass is 10.2. The fraction of sp³-hybridized carbons (Fsp3) is 1.00. The lowest BCUT2D eigenvalue weighted by molar-refractivity contribution is 0.193. The van der Waals surface area contributed by atoms with Crippen LogP contribution in [0.25, 0.3) is 0 Å². The molecule has 0 heterocycles.